The molecule has 1 atom stereocenters. The van der Waals surface area contributed by atoms with Crippen molar-refractivity contribution < 1.29 is 14.7 Å². The number of carboxylic acid groups (broad SMARTS) is 1. The summed E-state index contributed by atoms with van der Waals surface area (Å²) in [4.78, 5) is 21.1. The average molecular weight is 155 g/mol. The maximum Gasteiger partial charge on any atom is 0.328 e. The molecule has 0 saturated heterocycles. The van der Waals surface area contributed by atoms with Crippen LogP contribution in [-0.2, 0) is 9.59 Å². The third-order valence-corrected chi connectivity index (χ3v) is 1.04. The van der Waals surface area contributed by atoms with Gasteiger partial charge in [-0.2, -0.15) is 0 Å². The number of carbonyl (C=O) groups is 2. The fourth-order valence-corrected chi connectivity index (χ4v) is 0.528. The summed E-state index contributed by atoms with van der Waals surface area (Å²) in [5.74, 6) is 1.58. The third kappa shape index (κ3) is 2.72. The number of amides is 1. The molecule has 0 spiro atoms. The van der Waals surface area contributed by atoms with Gasteiger partial charge in [0.15, 0.2) is 5.92 Å². The van der Waals surface area contributed by atoms with E-state index in [0.717, 1.165) is 0 Å². The number of carboxylic acids is 1. The molecule has 0 saturated carbocycles. The van der Waals surface area contributed by atoms with E-state index in [1.807, 2.05) is 0 Å². The molecule has 0 fully saturated rings. The number of rotatable bonds is 2. The molecule has 0 bridgehead atoms. The van der Waals surface area contributed by atoms with Crippen molar-refractivity contribution in [2.45, 2.75) is 6.92 Å². The smallest absolute Gasteiger partial charge is 0.328 e. The molecule has 4 nitrogen and oxygen atoms in total. The minimum atomic E-state index is -1.25. The van der Waals surface area contributed by atoms with Gasteiger partial charge < -0.3 is 10.4 Å². The second kappa shape index (κ2) is 4.34. The lowest BCUT2D eigenvalue weighted by Gasteiger charge is -2.01. The molecule has 0 radical (unpaired) electrons. The zero-order chi connectivity index (χ0) is 8.85. The Hall–Kier alpha value is -1.50. The van der Waals surface area contributed by atoms with Crippen molar-refractivity contribution in [2.75, 3.05) is 7.05 Å². The van der Waals surface area contributed by atoms with Gasteiger partial charge in [-0.25, -0.2) is 0 Å². The van der Waals surface area contributed by atoms with Crippen LogP contribution in [0.1, 0.15) is 6.92 Å². The molecule has 0 rings (SSSR count). The molecule has 2 N–H and O–H groups in total. The van der Waals surface area contributed by atoms with Crippen LogP contribution >= 0.6 is 0 Å². The molecule has 0 aromatic carbocycles. The van der Waals surface area contributed by atoms with Gasteiger partial charge in [0.2, 0.25) is 5.91 Å². The highest BCUT2D eigenvalue weighted by Gasteiger charge is 2.21. The number of hydrogen-bond donors (Lipinski definition) is 2. The van der Waals surface area contributed by atoms with Gasteiger partial charge in [0, 0.05) is 7.05 Å². The first-order valence-corrected chi connectivity index (χ1v) is 3.00. The summed E-state index contributed by atoms with van der Waals surface area (Å²) >= 11 is 0. The van der Waals surface area contributed by atoms with Crippen molar-refractivity contribution in [3.05, 3.63) is 0 Å². The lowest BCUT2D eigenvalue weighted by Crippen LogP contribution is -2.31. The number of aliphatic carboxylic acids is 1. The summed E-state index contributed by atoms with van der Waals surface area (Å²) in [6.45, 7) is 1.48. The van der Waals surface area contributed by atoms with Crippen LogP contribution in [0.5, 0.6) is 0 Å². The highest BCUT2D eigenvalue weighted by Crippen LogP contribution is 1.93. The van der Waals surface area contributed by atoms with Gasteiger partial charge in [0.1, 0.15) is 0 Å². The van der Waals surface area contributed by atoms with Crippen LogP contribution in [0.25, 0.3) is 0 Å². The van der Waals surface area contributed by atoms with E-state index in [1.54, 1.807) is 0 Å². The molecule has 0 aromatic rings. The minimum Gasteiger partial charge on any atom is -0.480 e. The Morgan fingerprint density at radius 2 is 2.09 bits per heavy atom. The first kappa shape index (κ1) is 9.50. The van der Waals surface area contributed by atoms with Gasteiger partial charge in [-0.05, 0) is 6.92 Å². The molecule has 1 unspecified atom stereocenters. The first-order valence-electron chi connectivity index (χ1n) is 3.00. The largest absolute Gasteiger partial charge is 0.480 e. The van der Waals surface area contributed by atoms with E-state index >= 15 is 0 Å². The van der Waals surface area contributed by atoms with Crippen LogP contribution in [0.4, 0.5) is 0 Å². The van der Waals surface area contributed by atoms with Crippen LogP contribution in [0.3, 0.4) is 0 Å². The monoisotopic (exact) mass is 155 g/mol. The molecule has 0 aliphatic carbocycles. The van der Waals surface area contributed by atoms with Crippen molar-refractivity contribution in [1.29, 1.82) is 0 Å². The van der Waals surface area contributed by atoms with E-state index in [4.69, 9.17) is 5.11 Å². The van der Waals surface area contributed by atoms with Crippen LogP contribution in [-0.4, -0.2) is 24.0 Å². The molecule has 0 aliphatic heterocycles. The summed E-state index contributed by atoms with van der Waals surface area (Å²) in [6.07, 6.45) is 0. The molecular weight excluding hydrogens is 146 g/mol. The number of carbonyl (C=O) groups excluding carboxylic acids is 1. The van der Waals surface area contributed by atoms with E-state index < -0.39 is 17.8 Å². The lowest BCUT2D eigenvalue weighted by atomic mass is 10.1. The minimum absolute atomic E-state index is 0.591. The maximum absolute atomic E-state index is 10.7. The van der Waals surface area contributed by atoms with Gasteiger partial charge in [-0.15, -0.1) is 5.92 Å². The van der Waals surface area contributed by atoms with Gasteiger partial charge in [-0.3, -0.25) is 9.59 Å². The van der Waals surface area contributed by atoms with Gasteiger partial charge in [0.05, 0.1) is 0 Å². The Balaban J connectivity index is 4.43. The molecule has 4 heteroatoms. The Labute approximate surface area is 64.6 Å². The van der Waals surface area contributed by atoms with E-state index in [0.29, 0.717) is 0 Å². The van der Waals surface area contributed by atoms with E-state index in [1.165, 1.54) is 14.0 Å². The molecule has 0 aliphatic rings. The van der Waals surface area contributed by atoms with E-state index in [2.05, 4.69) is 17.2 Å². The van der Waals surface area contributed by atoms with Crippen LogP contribution in [0, 0.1) is 17.8 Å². The summed E-state index contributed by atoms with van der Waals surface area (Å²) < 4.78 is 0. The molecule has 1 amide bonds. The SMILES string of the molecule is CC#CC(C(=O)O)C(=O)NC. The van der Waals surface area contributed by atoms with Crippen molar-refractivity contribution in [3.8, 4) is 11.8 Å². The number of nitrogens with one attached hydrogen (secondary N) is 1. The predicted octanol–water partition coefficient (Wildman–Crippen LogP) is -0.544. The summed E-state index contributed by atoms with van der Waals surface area (Å²) in [6, 6.07) is 0. The van der Waals surface area contributed by atoms with E-state index in [-0.39, 0.29) is 0 Å². The summed E-state index contributed by atoms with van der Waals surface area (Å²) in [7, 11) is 1.37. The highest BCUT2D eigenvalue weighted by atomic mass is 16.4. The quantitative estimate of drug-likeness (QED) is 0.415. The van der Waals surface area contributed by atoms with Crippen molar-refractivity contribution >= 4 is 11.9 Å². The third-order valence-electron chi connectivity index (χ3n) is 1.04. The van der Waals surface area contributed by atoms with Gasteiger partial charge in [-0.1, -0.05) is 5.92 Å². The molecule has 11 heavy (non-hydrogen) atoms. The molecule has 60 valence electrons. The summed E-state index contributed by atoms with van der Waals surface area (Å²) in [5.41, 5.74) is 0. The fourth-order valence-electron chi connectivity index (χ4n) is 0.528. The average Bonchev–Trinajstić information content (AvgIpc) is 1.98. The Morgan fingerprint density at radius 3 is 2.36 bits per heavy atom. The summed E-state index contributed by atoms with van der Waals surface area (Å²) in [5, 5.41) is 10.7. The van der Waals surface area contributed by atoms with Crippen LogP contribution in [0.2, 0.25) is 0 Å². The second-order valence-corrected chi connectivity index (χ2v) is 1.78. The van der Waals surface area contributed by atoms with Crippen LogP contribution in [0.15, 0.2) is 0 Å². The maximum atomic E-state index is 10.7. The van der Waals surface area contributed by atoms with Crippen molar-refractivity contribution in [3.63, 3.8) is 0 Å². The second-order valence-electron chi connectivity index (χ2n) is 1.78. The zero-order valence-corrected chi connectivity index (χ0v) is 6.34. The molecule has 0 heterocycles. The first-order chi connectivity index (χ1) is 5.13. The Kier molecular flexibility index (Phi) is 3.75. The van der Waals surface area contributed by atoms with E-state index in [9.17, 15) is 9.59 Å². The van der Waals surface area contributed by atoms with Gasteiger partial charge >= 0.3 is 5.97 Å². The Morgan fingerprint density at radius 1 is 1.55 bits per heavy atom. The molecule has 0 aromatic heterocycles. The Bertz CT molecular complexity index is 224. The van der Waals surface area contributed by atoms with Crippen molar-refractivity contribution in [2.24, 2.45) is 5.92 Å². The molecular formula is C7H9NO3. The standard InChI is InChI=1S/C7H9NO3/c1-3-4-5(7(10)11)6(9)8-2/h5H,1-2H3,(H,8,9)(H,10,11). The van der Waals surface area contributed by atoms with Crippen molar-refractivity contribution in [1.82, 2.24) is 5.32 Å². The topological polar surface area (TPSA) is 66.4 Å². The zero-order valence-electron chi connectivity index (χ0n) is 6.34. The van der Waals surface area contributed by atoms with Crippen LogP contribution < -0.4 is 5.32 Å². The number of hydrogen-bond acceptors (Lipinski definition) is 2. The fraction of sp³-hybridized carbons (Fsp3) is 0.429. The highest BCUT2D eigenvalue weighted by molar-refractivity contribution is 5.99. The van der Waals surface area contributed by atoms with Gasteiger partial charge in [0.25, 0.3) is 0 Å². The predicted molar refractivity (Wildman–Crippen MR) is 38.6 cm³/mol. The normalized spacial score (nSPS) is 10.7. The lowest BCUT2D eigenvalue weighted by molar-refractivity contribution is -0.144.